The van der Waals surface area contributed by atoms with Crippen LogP contribution in [0.1, 0.15) is 31.7 Å². The number of piperidine rings is 1. The Morgan fingerprint density at radius 2 is 2.00 bits per heavy atom. The summed E-state index contributed by atoms with van der Waals surface area (Å²) in [4.78, 5) is 6.63. The summed E-state index contributed by atoms with van der Waals surface area (Å²) >= 11 is 0. The van der Waals surface area contributed by atoms with Crippen LogP contribution in [0.2, 0.25) is 0 Å². The Bertz CT molecular complexity index is 318. The third kappa shape index (κ3) is 4.75. The predicted molar refractivity (Wildman–Crippen MR) is 75.4 cm³/mol. The molecular weight excluding hydrogens is 222 g/mol. The lowest BCUT2D eigenvalue weighted by molar-refractivity contribution is 0.190. The molecule has 2 rings (SSSR count). The van der Waals surface area contributed by atoms with Crippen molar-refractivity contribution in [2.24, 2.45) is 5.92 Å². The van der Waals surface area contributed by atoms with Crippen LogP contribution in [-0.2, 0) is 6.54 Å². The van der Waals surface area contributed by atoms with Crippen molar-refractivity contribution in [3.63, 3.8) is 0 Å². The number of nitrogens with zero attached hydrogens (tertiary/aromatic N) is 2. The van der Waals surface area contributed by atoms with Gasteiger partial charge in [0.1, 0.15) is 0 Å². The second-order valence-electron chi connectivity index (χ2n) is 5.41. The molecule has 100 valence electrons. The van der Waals surface area contributed by atoms with Crippen molar-refractivity contribution in [1.29, 1.82) is 0 Å². The molecule has 1 N–H and O–H groups in total. The van der Waals surface area contributed by atoms with Crippen LogP contribution >= 0.6 is 0 Å². The van der Waals surface area contributed by atoms with Gasteiger partial charge in [-0.15, -0.1) is 0 Å². The normalized spacial score (nSPS) is 18.1. The molecule has 1 aromatic heterocycles. The molecule has 0 bridgehead atoms. The minimum Gasteiger partial charge on any atom is -0.313 e. The number of likely N-dealkylation sites (tertiary alicyclic amines) is 1. The molecule has 0 saturated carbocycles. The Labute approximate surface area is 111 Å². The molecule has 2 heterocycles. The molecule has 0 amide bonds. The fourth-order valence-corrected chi connectivity index (χ4v) is 2.45. The number of hydrogen-bond donors (Lipinski definition) is 1. The molecule has 0 spiro atoms. The van der Waals surface area contributed by atoms with E-state index >= 15 is 0 Å². The van der Waals surface area contributed by atoms with Crippen molar-refractivity contribution in [1.82, 2.24) is 15.2 Å². The largest absolute Gasteiger partial charge is 0.313 e. The van der Waals surface area contributed by atoms with Crippen molar-refractivity contribution in [2.75, 3.05) is 26.2 Å². The zero-order valence-corrected chi connectivity index (χ0v) is 11.4. The summed E-state index contributed by atoms with van der Waals surface area (Å²) in [5.41, 5.74) is 1.32. The Kier molecular flexibility index (Phi) is 5.62. The monoisotopic (exact) mass is 247 g/mol. The Morgan fingerprint density at radius 3 is 2.72 bits per heavy atom. The maximum atomic E-state index is 4.02. The van der Waals surface area contributed by atoms with Crippen LogP contribution in [0.4, 0.5) is 0 Å². The average molecular weight is 247 g/mol. The van der Waals surface area contributed by atoms with Gasteiger partial charge in [-0.25, -0.2) is 0 Å². The van der Waals surface area contributed by atoms with E-state index in [1.165, 1.54) is 44.5 Å². The van der Waals surface area contributed by atoms with E-state index in [-0.39, 0.29) is 0 Å². The van der Waals surface area contributed by atoms with E-state index < -0.39 is 0 Å². The first-order chi connectivity index (χ1) is 8.84. The van der Waals surface area contributed by atoms with Crippen LogP contribution < -0.4 is 5.32 Å². The lowest BCUT2D eigenvalue weighted by Gasteiger charge is -2.30. The van der Waals surface area contributed by atoms with Gasteiger partial charge in [-0.2, -0.15) is 0 Å². The Morgan fingerprint density at radius 1 is 1.28 bits per heavy atom. The smallest absolute Gasteiger partial charge is 0.0271 e. The molecule has 1 aliphatic rings. The molecule has 0 aromatic carbocycles. The minimum atomic E-state index is 0.936. The van der Waals surface area contributed by atoms with Crippen molar-refractivity contribution < 1.29 is 0 Å². The van der Waals surface area contributed by atoms with E-state index in [0.29, 0.717) is 0 Å². The molecule has 0 aliphatic carbocycles. The molecule has 1 saturated heterocycles. The first-order valence-electron chi connectivity index (χ1n) is 7.16. The molecule has 1 aliphatic heterocycles. The number of hydrogen-bond acceptors (Lipinski definition) is 3. The molecule has 1 fully saturated rings. The lowest BCUT2D eigenvalue weighted by atomic mass is 9.99. The summed E-state index contributed by atoms with van der Waals surface area (Å²) in [5, 5.41) is 3.50. The number of nitrogens with one attached hydrogen (secondary N) is 1. The molecule has 3 nitrogen and oxygen atoms in total. The van der Waals surface area contributed by atoms with Gasteiger partial charge in [0.15, 0.2) is 0 Å². The topological polar surface area (TPSA) is 28.2 Å². The van der Waals surface area contributed by atoms with Crippen molar-refractivity contribution >= 4 is 0 Å². The van der Waals surface area contributed by atoms with Crippen molar-refractivity contribution in [3.05, 3.63) is 30.1 Å². The third-order valence-corrected chi connectivity index (χ3v) is 3.78. The fourth-order valence-electron chi connectivity index (χ4n) is 2.45. The first-order valence-corrected chi connectivity index (χ1v) is 7.16. The maximum Gasteiger partial charge on any atom is 0.0271 e. The van der Waals surface area contributed by atoms with E-state index in [9.17, 15) is 0 Å². The predicted octanol–water partition coefficient (Wildman–Crippen LogP) is 2.29. The molecule has 0 radical (unpaired) electrons. The highest BCUT2D eigenvalue weighted by molar-refractivity contribution is 5.08. The lowest BCUT2D eigenvalue weighted by Crippen LogP contribution is -2.34. The van der Waals surface area contributed by atoms with Gasteiger partial charge >= 0.3 is 0 Å². The molecule has 0 unspecified atom stereocenters. The molecular formula is C15H25N3. The van der Waals surface area contributed by atoms with E-state index in [4.69, 9.17) is 0 Å². The van der Waals surface area contributed by atoms with Crippen LogP contribution in [0.3, 0.4) is 0 Å². The Balaban J connectivity index is 1.51. The summed E-state index contributed by atoms with van der Waals surface area (Å²) < 4.78 is 0. The van der Waals surface area contributed by atoms with Crippen LogP contribution in [0, 0.1) is 5.92 Å². The number of rotatable bonds is 6. The average Bonchev–Trinajstić information content (AvgIpc) is 2.42. The van der Waals surface area contributed by atoms with E-state index in [1.807, 2.05) is 12.4 Å². The van der Waals surface area contributed by atoms with Gasteiger partial charge in [0.05, 0.1) is 0 Å². The highest BCUT2D eigenvalue weighted by Gasteiger charge is 2.14. The van der Waals surface area contributed by atoms with Gasteiger partial charge in [-0.05, 0) is 69.1 Å². The molecule has 0 atom stereocenters. The standard InChI is InChI=1S/C15H25N3/c1-14-5-11-18(12-6-14)10-2-7-17-13-15-3-8-16-9-4-15/h3-4,8-9,14,17H,2,5-7,10-13H2,1H3. The summed E-state index contributed by atoms with van der Waals surface area (Å²) in [7, 11) is 0. The third-order valence-electron chi connectivity index (χ3n) is 3.78. The maximum absolute atomic E-state index is 4.02. The van der Waals surface area contributed by atoms with Gasteiger partial charge in [0.25, 0.3) is 0 Å². The van der Waals surface area contributed by atoms with Crippen LogP contribution in [0.25, 0.3) is 0 Å². The van der Waals surface area contributed by atoms with Crippen LogP contribution in [0.5, 0.6) is 0 Å². The van der Waals surface area contributed by atoms with Gasteiger partial charge < -0.3 is 10.2 Å². The number of pyridine rings is 1. The van der Waals surface area contributed by atoms with Gasteiger partial charge in [-0.3, -0.25) is 4.98 Å². The van der Waals surface area contributed by atoms with Gasteiger partial charge in [0.2, 0.25) is 0 Å². The zero-order valence-electron chi connectivity index (χ0n) is 11.4. The minimum absolute atomic E-state index is 0.936. The number of aromatic nitrogens is 1. The van der Waals surface area contributed by atoms with Crippen molar-refractivity contribution in [2.45, 2.75) is 32.7 Å². The van der Waals surface area contributed by atoms with Crippen LogP contribution in [-0.4, -0.2) is 36.1 Å². The summed E-state index contributed by atoms with van der Waals surface area (Å²) in [6, 6.07) is 4.14. The second kappa shape index (κ2) is 7.49. The van der Waals surface area contributed by atoms with E-state index in [1.54, 1.807) is 0 Å². The second-order valence-corrected chi connectivity index (χ2v) is 5.41. The first kappa shape index (κ1) is 13.5. The molecule has 1 aromatic rings. The van der Waals surface area contributed by atoms with Crippen molar-refractivity contribution in [3.8, 4) is 0 Å². The molecule has 18 heavy (non-hydrogen) atoms. The highest BCUT2D eigenvalue weighted by atomic mass is 15.1. The van der Waals surface area contributed by atoms with E-state index in [0.717, 1.165) is 19.0 Å². The highest BCUT2D eigenvalue weighted by Crippen LogP contribution is 2.15. The Hall–Kier alpha value is -0.930. The zero-order chi connectivity index (χ0) is 12.6. The SMILES string of the molecule is CC1CCN(CCCNCc2ccncc2)CC1. The summed E-state index contributed by atoms with van der Waals surface area (Å²) in [6.45, 7) is 8.27. The van der Waals surface area contributed by atoms with Crippen LogP contribution in [0.15, 0.2) is 24.5 Å². The van der Waals surface area contributed by atoms with Gasteiger partial charge in [-0.1, -0.05) is 6.92 Å². The summed E-state index contributed by atoms with van der Waals surface area (Å²) in [6.07, 6.45) is 7.71. The van der Waals surface area contributed by atoms with Gasteiger partial charge in [0, 0.05) is 18.9 Å². The fraction of sp³-hybridized carbons (Fsp3) is 0.667. The molecule has 3 heteroatoms. The summed E-state index contributed by atoms with van der Waals surface area (Å²) in [5.74, 6) is 0.936. The quantitative estimate of drug-likeness (QED) is 0.782. The van der Waals surface area contributed by atoms with E-state index in [2.05, 4.69) is 34.3 Å².